The molecule has 0 bridgehead atoms. The molecular formula is C32H42F2O. The first-order valence-corrected chi connectivity index (χ1v) is 13.8. The van der Waals surface area contributed by atoms with Gasteiger partial charge in [0.1, 0.15) is 0 Å². The van der Waals surface area contributed by atoms with E-state index in [1.807, 2.05) is 12.1 Å². The van der Waals surface area contributed by atoms with Crippen molar-refractivity contribution in [2.75, 3.05) is 6.61 Å². The molecule has 1 nitrogen and oxygen atoms in total. The molecule has 0 spiro atoms. The monoisotopic (exact) mass is 480 g/mol. The Balaban J connectivity index is 1.24. The van der Waals surface area contributed by atoms with E-state index in [1.165, 1.54) is 56.1 Å². The Kier molecular flexibility index (Phi) is 9.16. The Morgan fingerprint density at radius 2 is 1.34 bits per heavy atom. The van der Waals surface area contributed by atoms with Crippen LogP contribution in [0.4, 0.5) is 8.78 Å². The van der Waals surface area contributed by atoms with Crippen molar-refractivity contribution in [3.63, 3.8) is 0 Å². The van der Waals surface area contributed by atoms with Crippen LogP contribution < -0.4 is 0 Å². The van der Waals surface area contributed by atoms with Crippen LogP contribution in [0.5, 0.6) is 0 Å². The maximum absolute atomic E-state index is 14.7. The van der Waals surface area contributed by atoms with Gasteiger partial charge >= 0.3 is 6.11 Å². The van der Waals surface area contributed by atoms with Crippen molar-refractivity contribution in [3.8, 4) is 0 Å². The summed E-state index contributed by atoms with van der Waals surface area (Å²) in [6.45, 7) is 4.37. The second-order valence-corrected chi connectivity index (χ2v) is 10.7. The van der Waals surface area contributed by atoms with Crippen LogP contribution in [0.15, 0.2) is 60.7 Å². The van der Waals surface area contributed by atoms with E-state index in [0.717, 1.165) is 24.3 Å². The first-order valence-electron chi connectivity index (χ1n) is 13.8. The fourth-order valence-corrected chi connectivity index (χ4v) is 6.11. The van der Waals surface area contributed by atoms with E-state index in [9.17, 15) is 8.78 Å². The molecule has 0 aliphatic heterocycles. The molecule has 2 aliphatic rings. The summed E-state index contributed by atoms with van der Waals surface area (Å²) in [6, 6.07) is 15.4. The first kappa shape index (κ1) is 26.1. The molecule has 0 aromatic heterocycles. The molecule has 2 saturated carbocycles. The number of hydrogen-bond donors (Lipinski definition) is 0. The molecule has 2 aromatic carbocycles. The number of alkyl halides is 2. The van der Waals surface area contributed by atoms with Crippen molar-refractivity contribution < 1.29 is 13.5 Å². The van der Waals surface area contributed by atoms with E-state index < -0.39 is 6.11 Å². The van der Waals surface area contributed by atoms with Gasteiger partial charge in [-0.2, -0.15) is 8.78 Å². The second-order valence-electron chi connectivity index (χ2n) is 10.7. The first-order chi connectivity index (χ1) is 17.0. The average Bonchev–Trinajstić information content (AvgIpc) is 2.90. The fourth-order valence-electron chi connectivity index (χ4n) is 6.11. The van der Waals surface area contributed by atoms with E-state index in [2.05, 4.69) is 50.3 Å². The summed E-state index contributed by atoms with van der Waals surface area (Å²) in [5.74, 6) is 2.69. The van der Waals surface area contributed by atoms with Gasteiger partial charge in [-0.05, 0) is 105 Å². The van der Waals surface area contributed by atoms with E-state index in [1.54, 1.807) is 12.1 Å². The third-order valence-electron chi connectivity index (χ3n) is 8.50. The number of ether oxygens (including phenoxy) is 1. The lowest BCUT2D eigenvalue weighted by atomic mass is 9.78. The molecule has 0 unspecified atom stereocenters. The van der Waals surface area contributed by atoms with Crippen LogP contribution in [0.3, 0.4) is 0 Å². The molecule has 3 heteroatoms. The maximum atomic E-state index is 14.7. The van der Waals surface area contributed by atoms with E-state index in [-0.39, 0.29) is 12.2 Å². The summed E-state index contributed by atoms with van der Waals surface area (Å²) in [7, 11) is 0. The maximum Gasteiger partial charge on any atom is 0.383 e. The summed E-state index contributed by atoms with van der Waals surface area (Å²) in [6.07, 6.45) is 12.7. The van der Waals surface area contributed by atoms with Gasteiger partial charge in [-0.1, -0.05) is 74.0 Å². The third kappa shape index (κ3) is 7.03. The Bertz CT molecular complexity index is 915. The molecule has 190 valence electrons. The molecule has 2 aliphatic carbocycles. The number of halogens is 2. The molecule has 35 heavy (non-hydrogen) atoms. The number of allylic oxidation sites excluding steroid dienone is 2. The lowest BCUT2D eigenvalue weighted by Gasteiger charge is -2.28. The Labute approximate surface area is 211 Å². The summed E-state index contributed by atoms with van der Waals surface area (Å²) in [4.78, 5) is 0. The number of hydrogen-bond acceptors (Lipinski definition) is 1. The Morgan fingerprint density at radius 1 is 0.800 bits per heavy atom. The van der Waals surface area contributed by atoms with Gasteiger partial charge in [0.25, 0.3) is 0 Å². The molecule has 0 saturated heterocycles. The van der Waals surface area contributed by atoms with Gasteiger partial charge in [0.05, 0.1) is 12.2 Å². The molecule has 0 atom stereocenters. The van der Waals surface area contributed by atoms with E-state index in [0.29, 0.717) is 24.2 Å². The fraction of sp³-hybridized carbons (Fsp3) is 0.562. The summed E-state index contributed by atoms with van der Waals surface area (Å²) >= 11 is 0. The number of rotatable bonds is 9. The van der Waals surface area contributed by atoms with Crippen molar-refractivity contribution in [3.05, 3.63) is 82.9 Å². The smallest absolute Gasteiger partial charge is 0.316 e. The predicted molar refractivity (Wildman–Crippen MR) is 141 cm³/mol. The van der Waals surface area contributed by atoms with Gasteiger partial charge in [0, 0.05) is 0 Å². The SMILES string of the molecule is CC=CC1CCC(c2ccc(C(F)(F)OCCc3ccc(C4CCC(CC)CC4)cc3)cc2)CC1. The van der Waals surface area contributed by atoms with Gasteiger partial charge in [-0.15, -0.1) is 0 Å². The Hall–Kier alpha value is -2.00. The van der Waals surface area contributed by atoms with Crippen LogP contribution in [0.25, 0.3) is 0 Å². The standard InChI is InChI=1S/C32H42F2O/c1-3-5-25-8-14-29(15-9-25)30-18-20-31(21-19-30)32(33,34)35-23-22-26-10-16-28(17-11-26)27-12-6-24(4-2)7-13-27/h3,5,10-11,16-21,24-25,27,29H,4,6-9,12-15,22-23H2,1-2H3. The number of benzene rings is 2. The van der Waals surface area contributed by atoms with Crippen molar-refractivity contribution in [2.24, 2.45) is 11.8 Å². The molecule has 2 fully saturated rings. The van der Waals surface area contributed by atoms with E-state index >= 15 is 0 Å². The van der Waals surface area contributed by atoms with Crippen LogP contribution in [0, 0.1) is 11.8 Å². The van der Waals surface area contributed by atoms with Crippen LogP contribution in [0.2, 0.25) is 0 Å². The highest BCUT2D eigenvalue weighted by atomic mass is 19.3. The van der Waals surface area contributed by atoms with Crippen molar-refractivity contribution in [1.29, 1.82) is 0 Å². The van der Waals surface area contributed by atoms with Crippen LogP contribution in [-0.4, -0.2) is 6.61 Å². The minimum atomic E-state index is -3.26. The zero-order valence-electron chi connectivity index (χ0n) is 21.5. The zero-order valence-corrected chi connectivity index (χ0v) is 21.5. The Morgan fingerprint density at radius 3 is 1.89 bits per heavy atom. The van der Waals surface area contributed by atoms with Crippen LogP contribution in [-0.2, 0) is 17.3 Å². The zero-order chi connectivity index (χ0) is 24.7. The summed E-state index contributed by atoms with van der Waals surface area (Å²) < 4.78 is 34.5. The van der Waals surface area contributed by atoms with Crippen molar-refractivity contribution in [2.45, 2.75) is 96.0 Å². The highest BCUT2D eigenvalue weighted by molar-refractivity contribution is 5.28. The molecule has 0 amide bonds. The average molecular weight is 481 g/mol. The highest BCUT2D eigenvalue weighted by Crippen LogP contribution is 2.38. The van der Waals surface area contributed by atoms with Gasteiger partial charge in [-0.3, -0.25) is 0 Å². The lowest BCUT2D eigenvalue weighted by molar-refractivity contribution is -0.248. The highest BCUT2D eigenvalue weighted by Gasteiger charge is 2.33. The van der Waals surface area contributed by atoms with Crippen molar-refractivity contribution in [1.82, 2.24) is 0 Å². The lowest BCUT2D eigenvalue weighted by Crippen LogP contribution is -2.20. The third-order valence-corrected chi connectivity index (χ3v) is 8.50. The molecule has 0 heterocycles. The van der Waals surface area contributed by atoms with E-state index in [4.69, 9.17) is 4.74 Å². The molecule has 0 N–H and O–H groups in total. The van der Waals surface area contributed by atoms with Crippen molar-refractivity contribution >= 4 is 0 Å². The van der Waals surface area contributed by atoms with Gasteiger partial charge in [-0.25, -0.2) is 0 Å². The minimum absolute atomic E-state index is 0.00463. The topological polar surface area (TPSA) is 9.23 Å². The van der Waals surface area contributed by atoms with Gasteiger partial charge in [0.15, 0.2) is 0 Å². The van der Waals surface area contributed by atoms with Gasteiger partial charge in [0.2, 0.25) is 0 Å². The second kappa shape index (κ2) is 12.3. The van der Waals surface area contributed by atoms with Crippen LogP contribution in [0.1, 0.15) is 106 Å². The minimum Gasteiger partial charge on any atom is -0.316 e. The quantitative estimate of drug-likeness (QED) is 0.325. The summed E-state index contributed by atoms with van der Waals surface area (Å²) in [5.41, 5.74) is 3.56. The predicted octanol–water partition coefficient (Wildman–Crippen LogP) is 9.53. The van der Waals surface area contributed by atoms with Crippen LogP contribution >= 0.6 is 0 Å². The van der Waals surface area contributed by atoms with Gasteiger partial charge < -0.3 is 4.74 Å². The molecule has 0 radical (unpaired) electrons. The largest absolute Gasteiger partial charge is 0.383 e. The molecule has 2 aromatic rings. The summed E-state index contributed by atoms with van der Waals surface area (Å²) in [5, 5.41) is 0. The molecule has 4 rings (SSSR count). The molecular weight excluding hydrogens is 438 g/mol. The normalized spacial score (nSPS) is 25.7.